The molecule has 6 heteroatoms. The highest BCUT2D eigenvalue weighted by Crippen LogP contribution is 2.56. The summed E-state index contributed by atoms with van der Waals surface area (Å²) in [7, 11) is 1.75. The van der Waals surface area contributed by atoms with Crippen LogP contribution < -0.4 is 10.1 Å². The molecular formula is C31H37FN4O. The van der Waals surface area contributed by atoms with Gasteiger partial charge in [0.2, 0.25) is 0 Å². The zero-order chi connectivity index (χ0) is 25.6. The zero-order valence-corrected chi connectivity index (χ0v) is 22.1. The Hall–Kier alpha value is -3.12. The Morgan fingerprint density at radius 3 is 2.62 bits per heavy atom. The molecule has 1 saturated carbocycles. The number of ether oxygens (including phenoxy) is 1. The molecule has 3 aromatic rings. The van der Waals surface area contributed by atoms with Crippen LogP contribution in [-0.2, 0) is 0 Å². The fourth-order valence-electron chi connectivity index (χ4n) is 6.92. The van der Waals surface area contributed by atoms with Gasteiger partial charge in [0.15, 0.2) is 0 Å². The van der Waals surface area contributed by atoms with Crippen LogP contribution in [0.25, 0.3) is 5.69 Å². The molecule has 2 aromatic carbocycles. The lowest BCUT2D eigenvalue weighted by molar-refractivity contribution is 0.118. The van der Waals surface area contributed by atoms with Crippen molar-refractivity contribution in [2.24, 2.45) is 5.41 Å². The largest absolute Gasteiger partial charge is 0.495 e. The zero-order valence-electron chi connectivity index (χ0n) is 22.1. The molecular weight excluding hydrogens is 463 g/mol. The molecule has 1 aromatic heterocycles. The van der Waals surface area contributed by atoms with Crippen molar-refractivity contribution < 1.29 is 9.13 Å². The molecule has 3 aliphatic rings. The van der Waals surface area contributed by atoms with Gasteiger partial charge in [-0.25, -0.2) is 9.37 Å². The number of hydrogen-bond donors (Lipinski definition) is 1. The number of likely N-dealkylation sites (tertiary alicyclic amines) is 1. The Morgan fingerprint density at radius 1 is 1.14 bits per heavy atom. The normalized spacial score (nSPS) is 24.4. The number of piperidine rings is 1. The van der Waals surface area contributed by atoms with Crippen LogP contribution in [0.1, 0.15) is 67.8 Å². The van der Waals surface area contributed by atoms with Crippen LogP contribution in [-0.4, -0.2) is 41.2 Å². The summed E-state index contributed by atoms with van der Waals surface area (Å²) in [4.78, 5) is 7.06. The van der Waals surface area contributed by atoms with Crippen LogP contribution in [0, 0.1) is 18.2 Å². The highest BCUT2D eigenvalue weighted by atomic mass is 19.1. The molecule has 1 aliphatic carbocycles. The first-order chi connectivity index (χ1) is 18.0. The number of imidazole rings is 1. The number of halogens is 1. The fraction of sp³-hybridized carbons (Fsp3) is 0.452. The van der Waals surface area contributed by atoms with Gasteiger partial charge in [0.1, 0.15) is 11.6 Å². The smallest absolute Gasteiger partial charge is 0.143 e. The summed E-state index contributed by atoms with van der Waals surface area (Å²) in [5.41, 5.74) is 7.75. The van der Waals surface area contributed by atoms with Gasteiger partial charge in [-0.3, -0.25) is 0 Å². The fourth-order valence-corrected chi connectivity index (χ4v) is 6.92. The van der Waals surface area contributed by atoms with Crippen molar-refractivity contribution in [2.75, 3.05) is 26.7 Å². The van der Waals surface area contributed by atoms with Crippen LogP contribution in [0.5, 0.6) is 5.75 Å². The van der Waals surface area contributed by atoms with E-state index in [9.17, 15) is 4.39 Å². The molecule has 3 atom stereocenters. The van der Waals surface area contributed by atoms with E-state index in [2.05, 4.69) is 40.3 Å². The van der Waals surface area contributed by atoms with Gasteiger partial charge in [0.05, 0.1) is 30.9 Å². The van der Waals surface area contributed by atoms with Crippen molar-refractivity contribution in [3.63, 3.8) is 0 Å². The molecule has 3 heterocycles. The minimum Gasteiger partial charge on any atom is -0.495 e. The molecule has 1 spiro atoms. The van der Waals surface area contributed by atoms with E-state index in [1.165, 1.54) is 36.8 Å². The van der Waals surface area contributed by atoms with Gasteiger partial charge in [-0.05, 0) is 81.3 Å². The average Bonchev–Trinajstić information content (AvgIpc) is 3.50. The van der Waals surface area contributed by atoms with E-state index in [4.69, 9.17) is 4.74 Å². The van der Waals surface area contributed by atoms with Gasteiger partial charge >= 0.3 is 0 Å². The summed E-state index contributed by atoms with van der Waals surface area (Å²) in [5, 5.41) is 3.79. The quantitative estimate of drug-likeness (QED) is 0.447. The summed E-state index contributed by atoms with van der Waals surface area (Å²) in [6.07, 6.45) is 9.88. The predicted molar refractivity (Wildman–Crippen MR) is 145 cm³/mol. The molecule has 3 unspecified atom stereocenters. The number of aryl methyl sites for hydroxylation is 1. The number of allylic oxidation sites excluding steroid dienone is 1. The standard InChI is InChI=1S/C31H37FN4O/c1-21-18-35(20-34-21)28-13-10-25(16-29(28)37-3)27-17-33-19-31(27)14-5-15-36(30(31)24-6-4-7-24)22(2)23-8-11-26(32)12-9-23/h8-13,16,18,20,22,27,33H,4-7,14-15,17,19H2,1-3H3. The molecule has 3 fully saturated rings. The number of rotatable bonds is 5. The summed E-state index contributed by atoms with van der Waals surface area (Å²) >= 11 is 0. The first kappa shape index (κ1) is 24.2. The number of aromatic nitrogens is 2. The third-order valence-corrected chi connectivity index (χ3v) is 8.94. The number of nitrogens with one attached hydrogen (secondary N) is 1. The Labute approximate surface area is 219 Å². The Morgan fingerprint density at radius 2 is 1.95 bits per heavy atom. The van der Waals surface area contributed by atoms with Crippen molar-refractivity contribution in [3.8, 4) is 11.4 Å². The van der Waals surface area contributed by atoms with E-state index in [1.807, 2.05) is 36.1 Å². The molecule has 37 heavy (non-hydrogen) atoms. The van der Waals surface area contributed by atoms with Gasteiger partial charge in [-0.2, -0.15) is 0 Å². The number of hydrogen-bond acceptors (Lipinski definition) is 4. The van der Waals surface area contributed by atoms with Gasteiger partial charge in [0.25, 0.3) is 0 Å². The monoisotopic (exact) mass is 500 g/mol. The molecule has 0 radical (unpaired) electrons. The summed E-state index contributed by atoms with van der Waals surface area (Å²) < 4.78 is 21.6. The SMILES string of the molecule is COc1cc(C2CNCC23CCCN(C(C)c2ccc(F)cc2)C3=C2CCC2)ccc1-n1cnc(C)c1. The molecule has 194 valence electrons. The third kappa shape index (κ3) is 4.15. The lowest BCUT2D eigenvalue weighted by Crippen LogP contribution is -2.47. The van der Waals surface area contributed by atoms with Gasteiger partial charge in [-0.1, -0.05) is 23.8 Å². The van der Waals surface area contributed by atoms with Crippen LogP contribution in [0.15, 0.2) is 66.3 Å². The van der Waals surface area contributed by atoms with Gasteiger partial charge < -0.3 is 19.5 Å². The van der Waals surface area contributed by atoms with Crippen molar-refractivity contribution >= 4 is 0 Å². The lowest BCUT2D eigenvalue weighted by atomic mass is 9.64. The third-order valence-electron chi connectivity index (χ3n) is 8.94. The molecule has 2 aliphatic heterocycles. The van der Waals surface area contributed by atoms with Crippen molar-refractivity contribution in [1.29, 1.82) is 0 Å². The lowest BCUT2D eigenvalue weighted by Gasteiger charge is -2.52. The second-order valence-electron chi connectivity index (χ2n) is 11.0. The molecule has 0 amide bonds. The Balaban J connectivity index is 1.40. The minimum atomic E-state index is -0.174. The Bertz CT molecular complexity index is 1310. The van der Waals surface area contributed by atoms with Crippen LogP contribution in [0.4, 0.5) is 4.39 Å². The van der Waals surface area contributed by atoms with Crippen LogP contribution in [0.2, 0.25) is 0 Å². The first-order valence-electron chi connectivity index (χ1n) is 13.6. The molecule has 1 N–H and O–H groups in total. The second kappa shape index (κ2) is 9.64. The van der Waals surface area contributed by atoms with Gasteiger partial charge in [0, 0.05) is 42.9 Å². The van der Waals surface area contributed by atoms with Crippen molar-refractivity contribution in [3.05, 3.63) is 88.9 Å². The molecule has 5 nitrogen and oxygen atoms in total. The van der Waals surface area contributed by atoms with Crippen molar-refractivity contribution in [1.82, 2.24) is 19.8 Å². The van der Waals surface area contributed by atoms with Crippen LogP contribution in [0.3, 0.4) is 0 Å². The topological polar surface area (TPSA) is 42.3 Å². The predicted octanol–water partition coefficient (Wildman–Crippen LogP) is 6.30. The number of nitrogens with zero attached hydrogens (tertiary/aromatic N) is 3. The average molecular weight is 501 g/mol. The minimum absolute atomic E-state index is 0.0560. The van der Waals surface area contributed by atoms with E-state index in [0.29, 0.717) is 5.92 Å². The first-order valence-corrected chi connectivity index (χ1v) is 13.6. The van der Waals surface area contributed by atoms with Crippen molar-refractivity contribution in [2.45, 2.75) is 57.9 Å². The maximum Gasteiger partial charge on any atom is 0.143 e. The molecule has 6 rings (SSSR count). The van der Waals surface area contributed by atoms with E-state index in [0.717, 1.165) is 43.2 Å². The summed E-state index contributed by atoms with van der Waals surface area (Å²) in [6.45, 7) is 7.29. The van der Waals surface area contributed by atoms with E-state index < -0.39 is 0 Å². The van der Waals surface area contributed by atoms with Crippen LogP contribution >= 0.6 is 0 Å². The van der Waals surface area contributed by atoms with E-state index >= 15 is 0 Å². The molecule has 2 saturated heterocycles. The van der Waals surface area contributed by atoms with E-state index in [1.54, 1.807) is 30.5 Å². The maximum absolute atomic E-state index is 13.7. The number of benzene rings is 2. The number of methoxy groups -OCH3 is 1. The summed E-state index contributed by atoms with van der Waals surface area (Å²) in [5.74, 6) is 1.07. The highest BCUT2D eigenvalue weighted by Gasteiger charge is 2.51. The second-order valence-corrected chi connectivity index (χ2v) is 11.0. The maximum atomic E-state index is 13.7. The van der Waals surface area contributed by atoms with E-state index in [-0.39, 0.29) is 17.3 Å². The highest BCUT2D eigenvalue weighted by molar-refractivity contribution is 5.51. The summed E-state index contributed by atoms with van der Waals surface area (Å²) in [6, 6.07) is 14.0. The Kier molecular flexibility index (Phi) is 6.31. The van der Waals surface area contributed by atoms with Gasteiger partial charge in [-0.15, -0.1) is 0 Å². The molecule has 0 bridgehead atoms.